The van der Waals surface area contributed by atoms with Crippen molar-refractivity contribution in [2.24, 2.45) is 0 Å². The van der Waals surface area contributed by atoms with Gasteiger partial charge in [0, 0.05) is 31.7 Å². The molecule has 0 saturated carbocycles. The number of hydrogen-bond acceptors (Lipinski definition) is 7. The molecule has 0 N–H and O–H groups in total. The quantitative estimate of drug-likeness (QED) is 0.689. The second-order valence-electron chi connectivity index (χ2n) is 6.27. The van der Waals surface area contributed by atoms with Gasteiger partial charge in [-0.25, -0.2) is 0 Å². The van der Waals surface area contributed by atoms with E-state index in [1.807, 2.05) is 29.2 Å². The molecule has 8 heteroatoms. The first-order valence-corrected chi connectivity index (χ1v) is 8.82. The fraction of sp³-hybridized carbons (Fsp3) is 0.250. The fourth-order valence-electron chi connectivity index (χ4n) is 3.13. The first-order valence-electron chi connectivity index (χ1n) is 8.82. The Balaban J connectivity index is 1.49. The number of oxazole rings is 1. The lowest BCUT2D eigenvalue weighted by atomic mass is 10.2. The third-order valence-electron chi connectivity index (χ3n) is 4.64. The Kier molecular flexibility index (Phi) is 4.72. The van der Waals surface area contributed by atoms with Gasteiger partial charge in [-0.1, -0.05) is 0 Å². The van der Waals surface area contributed by atoms with E-state index in [1.54, 1.807) is 24.1 Å². The number of piperazine rings is 1. The number of aromatic nitrogens is 1. The van der Waals surface area contributed by atoms with E-state index < -0.39 is 0 Å². The second-order valence-corrected chi connectivity index (χ2v) is 6.27. The molecule has 0 unspecified atom stereocenters. The minimum atomic E-state index is -0.137. The van der Waals surface area contributed by atoms with Crippen LogP contribution in [0.15, 0.2) is 51.5 Å². The lowest BCUT2D eigenvalue weighted by molar-refractivity contribution is 0.0713. The van der Waals surface area contributed by atoms with Crippen LogP contribution in [0.5, 0.6) is 5.75 Å². The average molecular weight is 378 g/mol. The van der Waals surface area contributed by atoms with Crippen molar-refractivity contribution >= 4 is 11.8 Å². The highest BCUT2D eigenvalue weighted by molar-refractivity contribution is 5.91. The molecular weight excluding hydrogens is 360 g/mol. The molecular formula is C20H18N4O4. The van der Waals surface area contributed by atoms with Gasteiger partial charge >= 0.3 is 0 Å². The summed E-state index contributed by atoms with van der Waals surface area (Å²) in [6.45, 7) is 2.09. The number of carbonyl (C=O) groups is 1. The van der Waals surface area contributed by atoms with Crippen molar-refractivity contribution in [3.8, 4) is 23.3 Å². The number of rotatable bonds is 4. The number of benzene rings is 1. The van der Waals surface area contributed by atoms with Gasteiger partial charge < -0.3 is 23.4 Å². The molecule has 0 aliphatic carbocycles. The molecule has 28 heavy (non-hydrogen) atoms. The summed E-state index contributed by atoms with van der Waals surface area (Å²) >= 11 is 0. The first kappa shape index (κ1) is 17.7. The molecule has 1 aliphatic rings. The second kappa shape index (κ2) is 7.48. The Bertz CT molecular complexity index is 994. The average Bonchev–Trinajstić information content (AvgIpc) is 3.43. The van der Waals surface area contributed by atoms with Gasteiger partial charge in [-0.15, -0.1) is 0 Å². The number of carbonyl (C=O) groups excluding carboxylic acids is 1. The summed E-state index contributed by atoms with van der Waals surface area (Å²) in [5.41, 5.74) is 0.992. The molecule has 3 aromatic rings. The van der Waals surface area contributed by atoms with E-state index in [0.717, 1.165) is 11.3 Å². The maximum absolute atomic E-state index is 12.4. The van der Waals surface area contributed by atoms with E-state index in [1.165, 1.54) is 6.26 Å². The standard InChI is InChI=1S/C20H18N4O4/c1-26-15-6-4-14(5-7-15)18-22-16(13-21)20(28-18)24-10-8-23(9-11-24)19(25)17-3-2-12-27-17/h2-7,12H,8-11H2,1H3. The van der Waals surface area contributed by atoms with Crippen molar-refractivity contribution < 1.29 is 18.4 Å². The Morgan fingerprint density at radius 3 is 2.54 bits per heavy atom. The zero-order chi connectivity index (χ0) is 19.5. The summed E-state index contributed by atoms with van der Waals surface area (Å²) < 4.78 is 16.2. The Labute approximate surface area is 161 Å². The Morgan fingerprint density at radius 2 is 1.93 bits per heavy atom. The first-order chi connectivity index (χ1) is 13.7. The minimum absolute atomic E-state index is 0.137. The van der Waals surface area contributed by atoms with Crippen molar-refractivity contribution in [2.45, 2.75) is 0 Å². The molecule has 4 rings (SSSR count). The van der Waals surface area contributed by atoms with Crippen LogP contribution in [-0.4, -0.2) is 49.1 Å². The Morgan fingerprint density at radius 1 is 1.18 bits per heavy atom. The molecule has 0 spiro atoms. The third-order valence-corrected chi connectivity index (χ3v) is 4.64. The van der Waals surface area contributed by atoms with E-state index in [-0.39, 0.29) is 11.6 Å². The van der Waals surface area contributed by atoms with Gasteiger partial charge in [0.05, 0.1) is 13.4 Å². The summed E-state index contributed by atoms with van der Waals surface area (Å²) in [6, 6.07) is 12.7. The molecule has 0 atom stereocenters. The van der Waals surface area contributed by atoms with Gasteiger partial charge in [-0.3, -0.25) is 4.79 Å². The van der Waals surface area contributed by atoms with E-state index in [9.17, 15) is 10.1 Å². The zero-order valence-corrected chi connectivity index (χ0v) is 15.3. The van der Waals surface area contributed by atoms with Crippen LogP contribution >= 0.6 is 0 Å². The Hall–Kier alpha value is -3.73. The van der Waals surface area contributed by atoms with Gasteiger partial charge in [-0.05, 0) is 36.4 Å². The molecule has 3 heterocycles. The number of nitrogens with zero attached hydrogens (tertiary/aromatic N) is 4. The van der Waals surface area contributed by atoms with Crippen molar-refractivity contribution in [1.82, 2.24) is 9.88 Å². The normalized spacial score (nSPS) is 14.0. The number of methoxy groups -OCH3 is 1. The summed E-state index contributed by atoms with van der Waals surface area (Å²) in [5, 5.41) is 9.46. The highest BCUT2D eigenvalue weighted by Gasteiger charge is 2.27. The van der Waals surface area contributed by atoms with Gasteiger partial charge in [0.15, 0.2) is 5.76 Å². The van der Waals surface area contributed by atoms with Crippen LogP contribution in [0.4, 0.5) is 5.88 Å². The fourth-order valence-corrected chi connectivity index (χ4v) is 3.13. The monoisotopic (exact) mass is 378 g/mol. The van der Waals surface area contributed by atoms with E-state index in [0.29, 0.717) is 43.7 Å². The van der Waals surface area contributed by atoms with Crippen LogP contribution in [-0.2, 0) is 0 Å². The largest absolute Gasteiger partial charge is 0.497 e. The SMILES string of the molecule is COc1ccc(-c2nc(C#N)c(N3CCN(C(=O)c4ccco4)CC3)o2)cc1. The summed E-state index contributed by atoms with van der Waals surface area (Å²) in [7, 11) is 1.60. The highest BCUT2D eigenvalue weighted by atomic mass is 16.5. The summed E-state index contributed by atoms with van der Waals surface area (Å²) in [6.07, 6.45) is 1.48. The molecule has 8 nitrogen and oxygen atoms in total. The van der Waals surface area contributed by atoms with Gasteiger partial charge in [-0.2, -0.15) is 10.2 Å². The molecule has 2 aromatic heterocycles. The maximum Gasteiger partial charge on any atom is 0.289 e. The van der Waals surface area contributed by atoms with Crippen LogP contribution in [0, 0.1) is 11.3 Å². The molecule has 1 saturated heterocycles. The maximum atomic E-state index is 12.4. The number of ether oxygens (including phenoxy) is 1. The van der Waals surface area contributed by atoms with Crippen molar-refractivity contribution in [2.75, 3.05) is 38.2 Å². The molecule has 0 bridgehead atoms. The van der Waals surface area contributed by atoms with Crippen molar-refractivity contribution in [3.05, 3.63) is 54.1 Å². The number of furan rings is 1. The lowest BCUT2D eigenvalue weighted by Gasteiger charge is -2.34. The van der Waals surface area contributed by atoms with E-state index in [2.05, 4.69) is 11.1 Å². The van der Waals surface area contributed by atoms with Crippen LogP contribution in [0.2, 0.25) is 0 Å². The topological polar surface area (TPSA) is 95.7 Å². The number of nitriles is 1. The molecule has 1 fully saturated rings. The smallest absolute Gasteiger partial charge is 0.289 e. The molecule has 142 valence electrons. The van der Waals surface area contributed by atoms with Gasteiger partial charge in [0.2, 0.25) is 17.5 Å². The summed E-state index contributed by atoms with van der Waals surface area (Å²) in [4.78, 5) is 20.4. The zero-order valence-electron chi connectivity index (χ0n) is 15.3. The van der Waals surface area contributed by atoms with Crippen molar-refractivity contribution in [3.63, 3.8) is 0 Å². The van der Waals surface area contributed by atoms with Crippen LogP contribution < -0.4 is 9.64 Å². The summed E-state index contributed by atoms with van der Waals surface area (Å²) in [5.74, 6) is 1.73. The number of amides is 1. The van der Waals surface area contributed by atoms with Crippen molar-refractivity contribution in [1.29, 1.82) is 5.26 Å². The third kappa shape index (κ3) is 3.30. The molecule has 1 amide bonds. The van der Waals surface area contributed by atoms with Gasteiger partial charge in [0.25, 0.3) is 5.91 Å². The van der Waals surface area contributed by atoms with Gasteiger partial charge in [0.1, 0.15) is 11.8 Å². The predicted molar refractivity (Wildman–Crippen MR) is 100 cm³/mol. The predicted octanol–water partition coefficient (Wildman–Crippen LogP) is 2.78. The van der Waals surface area contributed by atoms with E-state index in [4.69, 9.17) is 13.6 Å². The van der Waals surface area contributed by atoms with Crippen LogP contribution in [0.25, 0.3) is 11.5 Å². The van der Waals surface area contributed by atoms with E-state index >= 15 is 0 Å². The number of anilines is 1. The number of hydrogen-bond donors (Lipinski definition) is 0. The molecule has 1 aliphatic heterocycles. The lowest BCUT2D eigenvalue weighted by Crippen LogP contribution is -2.48. The molecule has 1 aromatic carbocycles. The molecule has 0 radical (unpaired) electrons. The highest BCUT2D eigenvalue weighted by Crippen LogP contribution is 2.30. The van der Waals surface area contributed by atoms with Crippen LogP contribution in [0.3, 0.4) is 0 Å². The minimum Gasteiger partial charge on any atom is -0.497 e. The van der Waals surface area contributed by atoms with Crippen LogP contribution in [0.1, 0.15) is 16.2 Å².